The second kappa shape index (κ2) is 6.55. The molecule has 0 bridgehead atoms. The van der Waals surface area contributed by atoms with E-state index in [4.69, 9.17) is 9.72 Å². The molecule has 0 radical (unpaired) electrons. The lowest BCUT2D eigenvalue weighted by molar-refractivity contribution is -0.142. The summed E-state index contributed by atoms with van der Waals surface area (Å²) in [4.78, 5) is 21.4. The molecule has 4 rings (SSSR count). The van der Waals surface area contributed by atoms with E-state index in [2.05, 4.69) is 15.4 Å². The summed E-state index contributed by atoms with van der Waals surface area (Å²) in [6.07, 6.45) is 5.49. The SMILES string of the molecule is COC(=O)CC1(Nc2nc3ccccc3c3nc(C)nn23)CCCCC1. The fraction of sp³-hybridized carbons (Fsp3) is 0.474. The number of anilines is 1. The van der Waals surface area contributed by atoms with E-state index in [0.717, 1.165) is 42.2 Å². The third-order valence-electron chi connectivity index (χ3n) is 5.18. The maximum absolute atomic E-state index is 12.0. The van der Waals surface area contributed by atoms with Crippen LogP contribution in [0.1, 0.15) is 44.3 Å². The van der Waals surface area contributed by atoms with Gasteiger partial charge in [0.05, 0.1) is 24.6 Å². The molecule has 0 aliphatic heterocycles. The molecule has 0 amide bonds. The Balaban J connectivity index is 1.82. The second-order valence-corrected chi connectivity index (χ2v) is 7.07. The van der Waals surface area contributed by atoms with Crippen LogP contribution in [0.4, 0.5) is 5.95 Å². The third kappa shape index (κ3) is 2.98. The Hall–Kier alpha value is -2.70. The molecular weight excluding hydrogens is 330 g/mol. The molecule has 1 N–H and O–H groups in total. The number of rotatable bonds is 4. The Labute approximate surface area is 151 Å². The van der Waals surface area contributed by atoms with Crippen LogP contribution in [-0.2, 0) is 9.53 Å². The number of ether oxygens (including phenoxy) is 1. The number of carbonyl (C=O) groups is 1. The van der Waals surface area contributed by atoms with Gasteiger partial charge in [-0.25, -0.2) is 9.97 Å². The van der Waals surface area contributed by atoms with E-state index in [9.17, 15) is 4.79 Å². The van der Waals surface area contributed by atoms with Crippen molar-refractivity contribution < 1.29 is 9.53 Å². The fourth-order valence-electron chi connectivity index (χ4n) is 3.90. The minimum atomic E-state index is -0.354. The first-order valence-corrected chi connectivity index (χ1v) is 9.07. The van der Waals surface area contributed by atoms with Crippen LogP contribution in [-0.4, -0.2) is 38.2 Å². The molecular formula is C19H23N5O2. The molecule has 0 spiro atoms. The lowest BCUT2D eigenvalue weighted by Gasteiger charge is -2.37. The topological polar surface area (TPSA) is 81.4 Å². The van der Waals surface area contributed by atoms with Crippen molar-refractivity contribution in [2.75, 3.05) is 12.4 Å². The zero-order valence-corrected chi connectivity index (χ0v) is 15.2. The van der Waals surface area contributed by atoms with Gasteiger partial charge in [-0.1, -0.05) is 31.4 Å². The Kier molecular flexibility index (Phi) is 4.22. The molecule has 1 saturated carbocycles. The van der Waals surface area contributed by atoms with Crippen LogP contribution in [0.5, 0.6) is 0 Å². The molecule has 136 valence electrons. The van der Waals surface area contributed by atoms with Crippen LogP contribution in [0, 0.1) is 6.92 Å². The van der Waals surface area contributed by atoms with Crippen LogP contribution in [0.3, 0.4) is 0 Å². The van der Waals surface area contributed by atoms with Gasteiger partial charge < -0.3 is 10.1 Å². The third-order valence-corrected chi connectivity index (χ3v) is 5.18. The second-order valence-electron chi connectivity index (χ2n) is 7.07. The van der Waals surface area contributed by atoms with Crippen molar-refractivity contribution in [3.05, 3.63) is 30.1 Å². The number of aromatic nitrogens is 4. The number of benzene rings is 1. The van der Waals surface area contributed by atoms with Crippen molar-refractivity contribution in [3.63, 3.8) is 0 Å². The van der Waals surface area contributed by atoms with E-state index in [1.165, 1.54) is 13.5 Å². The molecule has 26 heavy (non-hydrogen) atoms. The maximum Gasteiger partial charge on any atom is 0.307 e. The highest BCUT2D eigenvalue weighted by molar-refractivity contribution is 5.92. The summed E-state index contributed by atoms with van der Waals surface area (Å²) >= 11 is 0. The molecule has 2 aromatic heterocycles. The average Bonchev–Trinajstić information content (AvgIpc) is 3.04. The van der Waals surface area contributed by atoms with Gasteiger partial charge >= 0.3 is 5.97 Å². The summed E-state index contributed by atoms with van der Waals surface area (Å²) in [5.74, 6) is 1.12. The lowest BCUT2D eigenvalue weighted by atomic mass is 9.79. The van der Waals surface area contributed by atoms with Crippen molar-refractivity contribution >= 4 is 28.5 Å². The number of para-hydroxylation sites is 1. The van der Waals surface area contributed by atoms with Gasteiger partial charge in [0.15, 0.2) is 5.65 Å². The zero-order chi connectivity index (χ0) is 18.1. The number of nitrogens with one attached hydrogen (secondary N) is 1. The molecule has 1 fully saturated rings. The normalized spacial score (nSPS) is 16.7. The number of hydrogen-bond acceptors (Lipinski definition) is 6. The Morgan fingerprint density at radius 3 is 2.77 bits per heavy atom. The monoisotopic (exact) mass is 353 g/mol. The first kappa shape index (κ1) is 16.8. The van der Waals surface area contributed by atoms with Gasteiger partial charge in [0, 0.05) is 5.39 Å². The molecule has 1 aromatic carbocycles. The van der Waals surface area contributed by atoms with Crippen molar-refractivity contribution in [1.29, 1.82) is 0 Å². The van der Waals surface area contributed by atoms with Crippen molar-refractivity contribution in [3.8, 4) is 0 Å². The molecule has 7 nitrogen and oxygen atoms in total. The summed E-state index contributed by atoms with van der Waals surface area (Å²) < 4.78 is 6.70. The van der Waals surface area contributed by atoms with Crippen LogP contribution >= 0.6 is 0 Å². The van der Waals surface area contributed by atoms with Gasteiger partial charge in [-0.3, -0.25) is 4.79 Å². The number of nitrogens with zero attached hydrogens (tertiary/aromatic N) is 4. The van der Waals surface area contributed by atoms with E-state index < -0.39 is 0 Å². The molecule has 0 unspecified atom stereocenters. The highest BCUT2D eigenvalue weighted by Crippen LogP contribution is 2.35. The van der Waals surface area contributed by atoms with Crippen LogP contribution in [0.25, 0.3) is 16.6 Å². The van der Waals surface area contributed by atoms with Crippen molar-refractivity contribution in [2.24, 2.45) is 0 Å². The number of methoxy groups -OCH3 is 1. The van der Waals surface area contributed by atoms with E-state index in [1.54, 1.807) is 4.52 Å². The highest BCUT2D eigenvalue weighted by Gasteiger charge is 2.36. The van der Waals surface area contributed by atoms with Crippen molar-refractivity contribution in [2.45, 2.75) is 51.0 Å². The van der Waals surface area contributed by atoms with Gasteiger partial charge in [0.25, 0.3) is 0 Å². The number of fused-ring (bicyclic) bond motifs is 3. The van der Waals surface area contributed by atoms with Gasteiger partial charge in [-0.15, -0.1) is 5.10 Å². The predicted octanol–water partition coefficient (Wildman–Crippen LogP) is 3.26. The highest BCUT2D eigenvalue weighted by atomic mass is 16.5. The summed E-state index contributed by atoms with van der Waals surface area (Å²) in [6, 6.07) is 7.91. The molecule has 1 aliphatic rings. The summed E-state index contributed by atoms with van der Waals surface area (Å²) in [5, 5.41) is 9.04. The molecule has 1 aliphatic carbocycles. The van der Waals surface area contributed by atoms with Crippen molar-refractivity contribution in [1.82, 2.24) is 19.6 Å². The van der Waals surface area contributed by atoms with Crippen LogP contribution < -0.4 is 5.32 Å². The smallest absolute Gasteiger partial charge is 0.307 e. The van der Waals surface area contributed by atoms with E-state index in [-0.39, 0.29) is 11.5 Å². The van der Waals surface area contributed by atoms with E-state index in [1.807, 2.05) is 31.2 Å². The average molecular weight is 353 g/mol. The maximum atomic E-state index is 12.0. The van der Waals surface area contributed by atoms with Gasteiger partial charge in [-0.2, -0.15) is 4.52 Å². The fourth-order valence-corrected chi connectivity index (χ4v) is 3.90. The summed E-state index contributed by atoms with van der Waals surface area (Å²) in [5.41, 5.74) is 1.28. The van der Waals surface area contributed by atoms with E-state index >= 15 is 0 Å². The summed E-state index contributed by atoms with van der Waals surface area (Å²) in [7, 11) is 1.44. The molecule has 0 saturated heterocycles. The van der Waals surface area contributed by atoms with Gasteiger partial charge in [0.2, 0.25) is 5.95 Å². The predicted molar refractivity (Wildman–Crippen MR) is 99.1 cm³/mol. The van der Waals surface area contributed by atoms with Gasteiger partial charge in [0.1, 0.15) is 5.82 Å². The quantitative estimate of drug-likeness (QED) is 0.725. The van der Waals surface area contributed by atoms with E-state index in [0.29, 0.717) is 18.2 Å². The summed E-state index contributed by atoms with van der Waals surface area (Å²) in [6.45, 7) is 1.87. The molecule has 0 atom stereocenters. The number of carbonyl (C=O) groups excluding carboxylic acids is 1. The lowest BCUT2D eigenvalue weighted by Crippen LogP contribution is -2.43. The Morgan fingerprint density at radius 2 is 2.00 bits per heavy atom. The first-order valence-electron chi connectivity index (χ1n) is 9.07. The number of aryl methyl sites for hydroxylation is 1. The number of esters is 1. The minimum Gasteiger partial charge on any atom is -0.469 e. The van der Waals surface area contributed by atoms with Gasteiger partial charge in [-0.05, 0) is 31.9 Å². The zero-order valence-electron chi connectivity index (χ0n) is 15.2. The minimum absolute atomic E-state index is 0.203. The molecule has 2 heterocycles. The largest absolute Gasteiger partial charge is 0.469 e. The standard InChI is InChI=1S/C19H23N5O2/c1-13-20-17-14-8-4-5-9-15(14)21-18(24(17)23-13)22-19(12-16(25)26-2)10-6-3-7-11-19/h4-5,8-9H,3,6-7,10-12H2,1-2H3,(H,21,22). The number of hydrogen-bond donors (Lipinski definition) is 1. The van der Waals surface area contributed by atoms with Crippen LogP contribution in [0.2, 0.25) is 0 Å². The first-order chi connectivity index (χ1) is 12.6. The Morgan fingerprint density at radius 1 is 1.23 bits per heavy atom. The Bertz CT molecular complexity index is 959. The molecule has 7 heteroatoms. The van der Waals surface area contributed by atoms with Crippen LogP contribution in [0.15, 0.2) is 24.3 Å². The molecule has 3 aromatic rings.